The van der Waals surface area contributed by atoms with Crippen LogP contribution in [0.5, 0.6) is 11.6 Å². The first-order valence-electron chi connectivity index (χ1n) is 6.65. The summed E-state index contributed by atoms with van der Waals surface area (Å²) >= 11 is 5.98. The molecule has 0 spiro atoms. The summed E-state index contributed by atoms with van der Waals surface area (Å²) in [6, 6.07) is 5.18. The Balaban J connectivity index is 2.24. The average molecular weight is 329 g/mol. The van der Waals surface area contributed by atoms with Gasteiger partial charge < -0.3 is 9.47 Å². The van der Waals surface area contributed by atoms with Crippen LogP contribution in [0.25, 0.3) is 11.3 Å². The van der Waals surface area contributed by atoms with E-state index in [0.29, 0.717) is 22.0 Å². The molecule has 0 aliphatic carbocycles. The van der Waals surface area contributed by atoms with E-state index in [2.05, 4.69) is 9.97 Å². The molecule has 1 aromatic heterocycles. The van der Waals surface area contributed by atoms with Gasteiger partial charge >= 0.3 is 0 Å². The summed E-state index contributed by atoms with van der Waals surface area (Å²) in [6.45, 7) is 3.09. The Morgan fingerprint density at radius 3 is 2.55 bits per heavy atom. The Labute approximate surface area is 132 Å². The van der Waals surface area contributed by atoms with Crippen LogP contribution in [0.15, 0.2) is 30.6 Å². The highest BCUT2D eigenvalue weighted by Gasteiger charge is 2.11. The maximum atomic E-state index is 12.1. The quantitative estimate of drug-likeness (QED) is 0.796. The van der Waals surface area contributed by atoms with Gasteiger partial charge in [-0.3, -0.25) is 0 Å². The van der Waals surface area contributed by atoms with Crippen LogP contribution >= 0.6 is 11.6 Å². The molecule has 0 unspecified atom stereocenters. The lowest BCUT2D eigenvalue weighted by atomic mass is 10.1. The van der Waals surface area contributed by atoms with Crippen molar-refractivity contribution >= 4 is 11.6 Å². The number of ether oxygens (including phenoxy) is 2. The van der Waals surface area contributed by atoms with Crippen LogP contribution < -0.4 is 9.47 Å². The number of halogens is 3. The highest BCUT2D eigenvalue weighted by Crippen LogP contribution is 2.32. The fourth-order valence-corrected chi connectivity index (χ4v) is 1.90. The Morgan fingerprint density at radius 1 is 1.18 bits per heavy atom. The van der Waals surface area contributed by atoms with E-state index in [0.717, 1.165) is 0 Å². The van der Waals surface area contributed by atoms with Gasteiger partial charge in [-0.25, -0.2) is 18.7 Å². The van der Waals surface area contributed by atoms with Gasteiger partial charge in [0.1, 0.15) is 5.75 Å². The largest absolute Gasteiger partial charge is 0.490 e. The summed E-state index contributed by atoms with van der Waals surface area (Å²) in [5.41, 5.74) is 1.25. The van der Waals surface area contributed by atoms with Crippen molar-refractivity contribution in [3.05, 3.63) is 35.6 Å². The predicted octanol–water partition coefficient (Wildman–Crippen LogP) is 4.23. The van der Waals surface area contributed by atoms with Crippen LogP contribution in [0.2, 0.25) is 5.02 Å². The zero-order valence-electron chi connectivity index (χ0n) is 12.1. The predicted molar refractivity (Wildman–Crippen MR) is 79.7 cm³/mol. The Morgan fingerprint density at radius 2 is 1.95 bits per heavy atom. The molecule has 1 aromatic carbocycles. The fourth-order valence-electron chi connectivity index (χ4n) is 1.74. The highest BCUT2D eigenvalue weighted by atomic mass is 35.5. The minimum Gasteiger partial charge on any atom is -0.490 e. The molecule has 2 rings (SSSR count). The van der Waals surface area contributed by atoms with Gasteiger partial charge in [0, 0.05) is 10.6 Å². The summed E-state index contributed by atoms with van der Waals surface area (Å²) in [5, 5.41) is 0.546. The van der Waals surface area contributed by atoms with Crippen molar-refractivity contribution in [3.63, 3.8) is 0 Å². The summed E-state index contributed by atoms with van der Waals surface area (Å²) < 4.78 is 34.7. The number of aromatic nitrogens is 2. The van der Waals surface area contributed by atoms with Gasteiger partial charge in [-0.1, -0.05) is 11.6 Å². The Kier molecular flexibility index (Phi) is 5.49. The van der Waals surface area contributed by atoms with Gasteiger partial charge in [-0.2, -0.15) is 0 Å². The van der Waals surface area contributed by atoms with E-state index in [1.807, 2.05) is 13.8 Å². The van der Waals surface area contributed by atoms with E-state index in [1.54, 1.807) is 18.2 Å². The number of hydrogen-bond donors (Lipinski definition) is 0. The molecule has 0 bridgehead atoms. The van der Waals surface area contributed by atoms with E-state index in [4.69, 9.17) is 21.1 Å². The first kappa shape index (κ1) is 16.4. The van der Waals surface area contributed by atoms with Crippen molar-refractivity contribution in [2.24, 2.45) is 0 Å². The second kappa shape index (κ2) is 7.35. The summed E-state index contributed by atoms with van der Waals surface area (Å²) in [4.78, 5) is 8.13. The second-order valence-electron chi connectivity index (χ2n) is 4.75. The molecule has 7 heteroatoms. The number of rotatable bonds is 6. The van der Waals surface area contributed by atoms with Crippen molar-refractivity contribution in [2.75, 3.05) is 6.61 Å². The molecule has 0 radical (unpaired) electrons. The molecule has 0 fully saturated rings. The van der Waals surface area contributed by atoms with E-state index in [1.165, 1.54) is 12.4 Å². The lowest BCUT2D eigenvalue weighted by Crippen LogP contribution is -2.08. The third-order valence-corrected chi connectivity index (χ3v) is 2.80. The van der Waals surface area contributed by atoms with Crippen LogP contribution in [-0.2, 0) is 0 Å². The first-order valence-corrected chi connectivity index (χ1v) is 7.03. The van der Waals surface area contributed by atoms with E-state index < -0.39 is 13.0 Å². The van der Waals surface area contributed by atoms with Gasteiger partial charge in [0.15, 0.2) is 6.61 Å². The summed E-state index contributed by atoms with van der Waals surface area (Å²) in [6.07, 6.45) is 0.158. The monoisotopic (exact) mass is 328 g/mol. The maximum Gasteiger partial charge on any atom is 0.272 e. The molecule has 22 heavy (non-hydrogen) atoms. The van der Waals surface area contributed by atoms with Crippen LogP contribution in [0, 0.1) is 0 Å². The topological polar surface area (TPSA) is 44.2 Å². The van der Waals surface area contributed by atoms with Crippen molar-refractivity contribution < 1.29 is 18.3 Å². The van der Waals surface area contributed by atoms with Crippen molar-refractivity contribution in [2.45, 2.75) is 26.4 Å². The van der Waals surface area contributed by atoms with Gasteiger partial charge in [0.2, 0.25) is 5.88 Å². The molecule has 0 saturated carbocycles. The lowest BCUT2D eigenvalue weighted by Gasteiger charge is -2.14. The molecule has 0 N–H and O–H groups in total. The molecular formula is C15H15ClF2N2O2. The van der Waals surface area contributed by atoms with E-state index in [9.17, 15) is 8.78 Å². The molecule has 0 atom stereocenters. The molecule has 118 valence electrons. The molecule has 4 nitrogen and oxygen atoms in total. The Bertz CT molecular complexity index is 621. The third-order valence-electron chi connectivity index (χ3n) is 2.57. The summed E-state index contributed by atoms with van der Waals surface area (Å²) in [7, 11) is 0. The SMILES string of the molecule is CC(C)Oc1cc(Cl)ccc1-c1cnc(OCC(F)F)cn1. The van der Waals surface area contributed by atoms with Crippen molar-refractivity contribution in [1.29, 1.82) is 0 Å². The zero-order valence-corrected chi connectivity index (χ0v) is 12.8. The molecule has 0 amide bonds. The van der Waals surface area contributed by atoms with E-state index >= 15 is 0 Å². The lowest BCUT2D eigenvalue weighted by molar-refractivity contribution is 0.0794. The van der Waals surface area contributed by atoms with Crippen LogP contribution in [0.4, 0.5) is 8.78 Å². The molecule has 1 heterocycles. The number of benzene rings is 1. The minimum atomic E-state index is -2.55. The van der Waals surface area contributed by atoms with E-state index in [-0.39, 0.29) is 12.0 Å². The van der Waals surface area contributed by atoms with Gasteiger partial charge in [0.25, 0.3) is 6.43 Å². The standard InChI is InChI=1S/C15H15ClF2N2O2/c1-9(2)22-13-5-10(16)3-4-11(13)12-6-20-15(7-19-12)21-8-14(17)18/h3-7,9,14H,8H2,1-2H3. The van der Waals surface area contributed by atoms with Gasteiger partial charge in [-0.05, 0) is 32.0 Å². The number of alkyl halides is 2. The second-order valence-corrected chi connectivity index (χ2v) is 5.19. The zero-order chi connectivity index (χ0) is 16.1. The molecule has 0 saturated heterocycles. The number of hydrogen-bond acceptors (Lipinski definition) is 4. The van der Waals surface area contributed by atoms with Crippen LogP contribution in [0.1, 0.15) is 13.8 Å². The number of nitrogens with zero attached hydrogens (tertiary/aromatic N) is 2. The highest BCUT2D eigenvalue weighted by molar-refractivity contribution is 6.30. The maximum absolute atomic E-state index is 12.1. The van der Waals surface area contributed by atoms with Crippen LogP contribution in [0.3, 0.4) is 0 Å². The fraction of sp³-hybridized carbons (Fsp3) is 0.333. The molecule has 2 aromatic rings. The first-order chi connectivity index (χ1) is 10.5. The normalized spacial score (nSPS) is 11.0. The molecular weight excluding hydrogens is 314 g/mol. The minimum absolute atomic E-state index is 0.0289. The molecule has 0 aliphatic heterocycles. The van der Waals surface area contributed by atoms with Crippen molar-refractivity contribution in [1.82, 2.24) is 9.97 Å². The Hall–Kier alpha value is -1.95. The van der Waals surface area contributed by atoms with Crippen molar-refractivity contribution in [3.8, 4) is 22.9 Å². The van der Waals surface area contributed by atoms with Crippen LogP contribution in [-0.4, -0.2) is 29.1 Å². The van der Waals surface area contributed by atoms with Gasteiger partial charge in [0.05, 0.1) is 24.2 Å². The third kappa shape index (κ3) is 4.53. The van der Waals surface area contributed by atoms with Gasteiger partial charge in [-0.15, -0.1) is 0 Å². The average Bonchev–Trinajstić information content (AvgIpc) is 2.45. The summed E-state index contributed by atoms with van der Waals surface area (Å²) in [5.74, 6) is 0.627. The smallest absolute Gasteiger partial charge is 0.272 e. The molecule has 0 aliphatic rings.